The lowest BCUT2D eigenvalue weighted by Gasteiger charge is -2.30. The van der Waals surface area contributed by atoms with Crippen LogP contribution >= 0.6 is 0 Å². The quantitative estimate of drug-likeness (QED) is 0.243. The second-order valence-electron chi connectivity index (χ2n) is 9.12. The average molecular weight is 357 g/mol. The molecule has 0 radical (unpaired) electrons. The minimum Gasteiger partial charge on any atom is -0.0990 e. The zero-order valence-corrected chi connectivity index (χ0v) is 17.9. The van der Waals surface area contributed by atoms with Crippen LogP contribution in [0.1, 0.15) is 97.8 Å². The van der Waals surface area contributed by atoms with Gasteiger partial charge in [0.05, 0.1) is 0 Å². The summed E-state index contributed by atoms with van der Waals surface area (Å²) in [5.41, 5.74) is 1.57. The molecule has 5 atom stereocenters. The summed E-state index contributed by atoms with van der Waals surface area (Å²) < 4.78 is 0. The van der Waals surface area contributed by atoms with Crippen LogP contribution in [-0.4, -0.2) is 0 Å². The van der Waals surface area contributed by atoms with Crippen LogP contribution in [0.3, 0.4) is 0 Å². The van der Waals surface area contributed by atoms with Crippen LogP contribution in [-0.2, 0) is 0 Å². The molecule has 0 saturated heterocycles. The molecule has 0 aromatic rings. The lowest BCUT2D eigenvalue weighted by Crippen LogP contribution is -2.21. The van der Waals surface area contributed by atoms with Gasteiger partial charge >= 0.3 is 0 Å². The van der Waals surface area contributed by atoms with Crippen LogP contribution in [0.15, 0.2) is 36.5 Å². The lowest BCUT2D eigenvalue weighted by atomic mass is 9.74. The fourth-order valence-electron chi connectivity index (χ4n) is 5.39. The number of rotatable bonds is 12. The van der Waals surface area contributed by atoms with E-state index in [9.17, 15) is 0 Å². The largest absolute Gasteiger partial charge is 0.0990 e. The van der Waals surface area contributed by atoms with Gasteiger partial charge in [-0.1, -0.05) is 89.3 Å². The molecule has 0 bridgehead atoms. The van der Waals surface area contributed by atoms with E-state index in [0.29, 0.717) is 5.92 Å². The van der Waals surface area contributed by atoms with Gasteiger partial charge in [-0.15, -0.1) is 0 Å². The molecule has 148 valence electrons. The SMILES string of the molecule is C=C(C1C=CCC1C)C(CCC)C1CC[C@H](CCCC/C=C\CCC)C1. The highest BCUT2D eigenvalue weighted by Gasteiger charge is 2.34. The minimum atomic E-state index is 0.653. The van der Waals surface area contributed by atoms with Gasteiger partial charge in [-0.25, -0.2) is 0 Å². The minimum absolute atomic E-state index is 0.653. The maximum absolute atomic E-state index is 4.63. The van der Waals surface area contributed by atoms with Crippen molar-refractivity contribution in [3.05, 3.63) is 36.5 Å². The van der Waals surface area contributed by atoms with Crippen LogP contribution in [0, 0.1) is 29.6 Å². The smallest absolute Gasteiger partial charge is 0.000552 e. The number of hydrogen-bond acceptors (Lipinski definition) is 0. The first-order valence-corrected chi connectivity index (χ1v) is 11.7. The third kappa shape index (κ3) is 6.43. The van der Waals surface area contributed by atoms with Crippen molar-refractivity contribution >= 4 is 0 Å². The number of unbranched alkanes of at least 4 members (excludes halogenated alkanes) is 3. The van der Waals surface area contributed by atoms with E-state index in [2.05, 4.69) is 51.7 Å². The molecule has 2 rings (SSSR count). The number of allylic oxidation sites excluding steroid dienone is 5. The molecule has 2 aliphatic carbocycles. The van der Waals surface area contributed by atoms with Crippen molar-refractivity contribution in [2.24, 2.45) is 29.6 Å². The van der Waals surface area contributed by atoms with Crippen LogP contribution in [0.25, 0.3) is 0 Å². The Bertz CT molecular complexity index is 455. The van der Waals surface area contributed by atoms with Gasteiger partial charge in [0.25, 0.3) is 0 Å². The third-order valence-corrected chi connectivity index (χ3v) is 6.97. The molecular weight excluding hydrogens is 312 g/mol. The summed E-state index contributed by atoms with van der Waals surface area (Å²) >= 11 is 0. The second-order valence-corrected chi connectivity index (χ2v) is 9.12. The Balaban J connectivity index is 1.75. The van der Waals surface area contributed by atoms with Crippen molar-refractivity contribution in [2.45, 2.75) is 97.8 Å². The fraction of sp³-hybridized carbons (Fsp3) is 0.769. The van der Waals surface area contributed by atoms with Crippen LogP contribution < -0.4 is 0 Å². The first-order valence-electron chi connectivity index (χ1n) is 11.7. The van der Waals surface area contributed by atoms with Crippen molar-refractivity contribution in [1.82, 2.24) is 0 Å². The molecule has 26 heavy (non-hydrogen) atoms. The van der Waals surface area contributed by atoms with Crippen LogP contribution in [0.5, 0.6) is 0 Å². The summed E-state index contributed by atoms with van der Waals surface area (Å²) in [5, 5.41) is 0. The van der Waals surface area contributed by atoms with Crippen LogP contribution in [0.2, 0.25) is 0 Å². The van der Waals surface area contributed by atoms with E-state index in [0.717, 1.165) is 23.7 Å². The summed E-state index contributed by atoms with van der Waals surface area (Å²) in [6, 6.07) is 0. The highest BCUT2D eigenvalue weighted by Crippen LogP contribution is 2.46. The van der Waals surface area contributed by atoms with Crippen molar-refractivity contribution in [3.63, 3.8) is 0 Å². The van der Waals surface area contributed by atoms with Crippen molar-refractivity contribution in [2.75, 3.05) is 0 Å². The first kappa shape index (κ1) is 21.5. The molecule has 0 amide bonds. The zero-order valence-electron chi connectivity index (χ0n) is 17.9. The molecule has 0 heteroatoms. The molecule has 0 nitrogen and oxygen atoms in total. The van der Waals surface area contributed by atoms with Gasteiger partial charge in [0.15, 0.2) is 0 Å². The maximum Gasteiger partial charge on any atom is 0.000552 e. The van der Waals surface area contributed by atoms with E-state index in [-0.39, 0.29) is 0 Å². The summed E-state index contributed by atoms with van der Waals surface area (Å²) in [4.78, 5) is 0. The molecule has 0 heterocycles. The molecule has 1 fully saturated rings. The molecule has 4 unspecified atom stereocenters. The van der Waals surface area contributed by atoms with Crippen molar-refractivity contribution < 1.29 is 0 Å². The van der Waals surface area contributed by atoms with Crippen molar-refractivity contribution in [1.29, 1.82) is 0 Å². The second kappa shape index (κ2) is 11.8. The highest BCUT2D eigenvalue weighted by molar-refractivity contribution is 5.19. The Hall–Kier alpha value is -0.780. The highest BCUT2D eigenvalue weighted by atomic mass is 14.4. The average Bonchev–Trinajstić information content (AvgIpc) is 3.27. The molecule has 2 aliphatic rings. The summed E-state index contributed by atoms with van der Waals surface area (Å²) in [5.74, 6) is 4.11. The van der Waals surface area contributed by atoms with E-state index < -0.39 is 0 Å². The van der Waals surface area contributed by atoms with Crippen molar-refractivity contribution in [3.8, 4) is 0 Å². The van der Waals surface area contributed by atoms with E-state index in [4.69, 9.17) is 0 Å². The number of hydrogen-bond donors (Lipinski definition) is 0. The Morgan fingerprint density at radius 2 is 1.92 bits per heavy atom. The molecule has 1 saturated carbocycles. The summed E-state index contributed by atoms with van der Waals surface area (Å²) in [6.07, 6.45) is 26.0. The summed E-state index contributed by atoms with van der Waals surface area (Å²) in [6.45, 7) is 11.6. The predicted molar refractivity (Wildman–Crippen MR) is 117 cm³/mol. The molecular formula is C26H44. The molecule has 0 aliphatic heterocycles. The third-order valence-electron chi connectivity index (χ3n) is 6.97. The van der Waals surface area contributed by atoms with Gasteiger partial charge < -0.3 is 0 Å². The van der Waals surface area contributed by atoms with Gasteiger partial charge in [-0.2, -0.15) is 0 Å². The summed E-state index contributed by atoms with van der Waals surface area (Å²) in [7, 11) is 0. The normalized spacial score (nSPS) is 29.7. The Morgan fingerprint density at radius 3 is 2.62 bits per heavy atom. The van der Waals surface area contributed by atoms with Gasteiger partial charge in [0.2, 0.25) is 0 Å². The van der Waals surface area contributed by atoms with Crippen LogP contribution in [0.4, 0.5) is 0 Å². The van der Waals surface area contributed by atoms with Gasteiger partial charge in [0.1, 0.15) is 0 Å². The lowest BCUT2D eigenvalue weighted by molar-refractivity contribution is 0.316. The zero-order chi connectivity index (χ0) is 18.8. The molecule has 0 N–H and O–H groups in total. The Morgan fingerprint density at radius 1 is 1.12 bits per heavy atom. The standard InChI is InChI=1S/C26H44/c1-5-7-8-9-10-11-12-16-23-18-19-24(20-23)26(14-6-2)22(4)25-17-13-15-21(25)3/h8-9,13,17,21,23-26H,4-7,10-12,14-16,18-20H2,1-3H3/b9-8-/t21?,23-,24?,25?,26?/m0/s1. The van der Waals surface area contributed by atoms with E-state index >= 15 is 0 Å². The van der Waals surface area contributed by atoms with E-state index in [1.54, 1.807) is 5.57 Å². The van der Waals surface area contributed by atoms with E-state index in [1.807, 2.05) is 0 Å². The topological polar surface area (TPSA) is 0 Å². The Kier molecular flexibility index (Phi) is 9.79. The Labute approximate surface area is 164 Å². The van der Waals surface area contributed by atoms with Gasteiger partial charge in [-0.3, -0.25) is 0 Å². The van der Waals surface area contributed by atoms with Gasteiger partial charge in [-0.05, 0) is 68.6 Å². The fourth-order valence-corrected chi connectivity index (χ4v) is 5.39. The monoisotopic (exact) mass is 356 g/mol. The molecule has 0 aromatic heterocycles. The molecule has 0 spiro atoms. The first-order chi connectivity index (χ1) is 12.7. The molecule has 0 aromatic carbocycles. The maximum atomic E-state index is 4.63. The van der Waals surface area contributed by atoms with E-state index in [1.165, 1.54) is 77.0 Å². The van der Waals surface area contributed by atoms with Gasteiger partial charge in [0, 0.05) is 5.92 Å². The predicted octanol–water partition coefficient (Wildman–Crippen LogP) is 8.50.